The third-order valence-electron chi connectivity index (χ3n) is 6.28. The maximum atomic E-state index is 12.8. The fourth-order valence-electron chi connectivity index (χ4n) is 4.50. The maximum Gasteiger partial charge on any atom is 0.251 e. The monoisotopic (exact) mass is 463 g/mol. The highest BCUT2D eigenvalue weighted by Crippen LogP contribution is 2.21. The van der Waals surface area contributed by atoms with E-state index < -0.39 is 0 Å². The average Bonchev–Trinajstić information content (AvgIpc) is 3.22. The zero-order valence-corrected chi connectivity index (χ0v) is 20.1. The first kappa shape index (κ1) is 22.7. The number of aryl methyl sites for hydroxylation is 3. The van der Waals surface area contributed by atoms with Crippen LogP contribution in [-0.2, 0) is 13.1 Å². The summed E-state index contributed by atoms with van der Waals surface area (Å²) in [5, 5.41) is 5.44. The number of nitrogens with one attached hydrogen (secondary N) is 1. The van der Waals surface area contributed by atoms with Crippen LogP contribution in [0.2, 0.25) is 0 Å². The molecule has 5 aromatic rings. The predicted molar refractivity (Wildman–Crippen MR) is 141 cm³/mol. The Kier molecular flexibility index (Phi) is 6.49. The Morgan fingerprint density at radius 3 is 2.57 bits per heavy atom. The molecule has 0 saturated heterocycles. The number of amides is 1. The van der Waals surface area contributed by atoms with Gasteiger partial charge < -0.3 is 14.6 Å². The minimum absolute atomic E-state index is 0.0826. The van der Waals surface area contributed by atoms with Gasteiger partial charge in [0.25, 0.3) is 5.91 Å². The number of rotatable bonds is 8. The number of hydrogen-bond donors (Lipinski definition) is 1. The van der Waals surface area contributed by atoms with E-state index in [9.17, 15) is 4.79 Å². The summed E-state index contributed by atoms with van der Waals surface area (Å²) in [5.74, 6) is 1.64. The van der Waals surface area contributed by atoms with Gasteiger partial charge in [-0.3, -0.25) is 4.79 Å². The fraction of sp³-hybridized carbons (Fsp3) is 0.200. The molecule has 1 amide bonds. The van der Waals surface area contributed by atoms with Gasteiger partial charge in [-0.05, 0) is 66.9 Å². The number of carbonyl (C=O) groups is 1. The van der Waals surface area contributed by atoms with Crippen molar-refractivity contribution in [2.24, 2.45) is 0 Å². The van der Waals surface area contributed by atoms with Gasteiger partial charge in [-0.1, -0.05) is 60.2 Å². The van der Waals surface area contributed by atoms with Gasteiger partial charge in [-0.2, -0.15) is 0 Å². The molecule has 0 aliphatic rings. The van der Waals surface area contributed by atoms with Gasteiger partial charge in [-0.15, -0.1) is 0 Å². The van der Waals surface area contributed by atoms with Crippen LogP contribution in [0, 0.1) is 13.8 Å². The Morgan fingerprint density at radius 1 is 0.914 bits per heavy atom. The molecule has 0 bridgehead atoms. The molecule has 0 saturated carbocycles. The van der Waals surface area contributed by atoms with Gasteiger partial charge in [0.15, 0.2) is 0 Å². The van der Waals surface area contributed by atoms with E-state index in [0.717, 1.165) is 46.7 Å². The van der Waals surface area contributed by atoms with E-state index in [1.165, 1.54) is 10.8 Å². The highest BCUT2D eigenvalue weighted by Gasteiger charge is 2.14. The van der Waals surface area contributed by atoms with E-state index in [4.69, 9.17) is 9.72 Å². The molecular formula is C30H29N3O2. The lowest BCUT2D eigenvalue weighted by atomic mass is 10.1. The van der Waals surface area contributed by atoms with Crippen molar-refractivity contribution in [2.75, 3.05) is 6.61 Å². The van der Waals surface area contributed by atoms with E-state index in [1.807, 2.05) is 68.4 Å². The Labute approximate surface area is 205 Å². The number of imidazole rings is 1. The van der Waals surface area contributed by atoms with Crippen LogP contribution < -0.4 is 10.1 Å². The van der Waals surface area contributed by atoms with E-state index in [1.54, 1.807) is 0 Å². The maximum absolute atomic E-state index is 12.8. The van der Waals surface area contributed by atoms with Crippen LogP contribution in [0.1, 0.15) is 33.7 Å². The van der Waals surface area contributed by atoms with Gasteiger partial charge in [0.05, 0.1) is 24.2 Å². The van der Waals surface area contributed by atoms with Gasteiger partial charge in [0.2, 0.25) is 0 Å². The van der Waals surface area contributed by atoms with Crippen LogP contribution in [0.4, 0.5) is 0 Å². The molecule has 4 aromatic carbocycles. The van der Waals surface area contributed by atoms with Gasteiger partial charge in [-0.25, -0.2) is 4.98 Å². The first-order valence-electron chi connectivity index (χ1n) is 12.0. The van der Waals surface area contributed by atoms with E-state index in [0.29, 0.717) is 18.7 Å². The molecule has 0 unspecified atom stereocenters. The van der Waals surface area contributed by atoms with E-state index >= 15 is 0 Å². The zero-order valence-electron chi connectivity index (χ0n) is 20.1. The molecule has 0 aliphatic heterocycles. The molecular weight excluding hydrogens is 434 g/mol. The number of benzene rings is 4. The standard InChI is InChI=1S/C30H29N3O2/c1-21-12-15-26(22(2)18-21)30(34)31-20-29-32-27-10-5-6-11-28(27)33(29)16-7-17-35-25-14-13-23-8-3-4-9-24(23)19-25/h3-6,8-15,18-19H,7,16-17,20H2,1-2H3,(H,31,34). The van der Waals surface area contributed by atoms with Crippen LogP contribution in [0.25, 0.3) is 21.8 Å². The van der Waals surface area contributed by atoms with Crippen molar-refractivity contribution in [1.29, 1.82) is 0 Å². The van der Waals surface area contributed by atoms with Crippen molar-refractivity contribution in [3.8, 4) is 5.75 Å². The summed E-state index contributed by atoms with van der Waals surface area (Å²) in [6.07, 6.45) is 0.825. The Hall–Kier alpha value is -4.12. The Balaban J connectivity index is 1.26. The summed E-state index contributed by atoms with van der Waals surface area (Å²) >= 11 is 0. The summed E-state index contributed by atoms with van der Waals surface area (Å²) in [6, 6.07) is 28.4. The number of carbonyl (C=O) groups excluding carboxylic acids is 1. The van der Waals surface area contributed by atoms with Crippen LogP contribution >= 0.6 is 0 Å². The predicted octanol–water partition coefficient (Wildman–Crippen LogP) is 6.21. The fourth-order valence-corrected chi connectivity index (χ4v) is 4.50. The van der Waals surface area contributed by atoms with Crippen molar-refractivity contribution in [1.82, 2.24) is 14.9 Å². The van der Waals surface area contributed by atoms with Crippen molar-refractivity contribution in [2.45, 2.75) is 33.4 Å². The molecule has 1 N–H and O–H groups in total. The smallest absolute Gasteiger partial charge is 0.251 e. The molecule has 0 atom stereocenters. The topological polar surface area (TPSA) is 56.2 Å². The molecule has 0 fully saturated rings. The summed E-state index contributed by atoms with van der Waals surface area (Å²) in [5.41, 5.74) is 4.81. The Morgan fingerprint density at radius 2 is 1.71 bits per heavy atom. The van der Waals surface area contributed by atoms with Crippen LogP contribution in [-0.4, -0.2) is 22.1 Å². The molecule has 0 radical (unpaired) electrons. The van der Waals surface area contributed by atoms with Crippen molar-refractivity contribution in [3.63, 3.8) is 0 Å². The van der Waals surface area contributed by atoms with E-state index in [-0.39, 0.29) is 5.91 Å². The van der Waals surface area contributed by atoms with Crippen LogP contribution in [0.3, 0.4) is 0 Å². The summed E-state index contributed by atoms with van der Waals surface area (Å²) in [7, 11) is 0. The lowest BCUT2D eigenvalue weighted by Crippen LogP contribution is -2.25. The second-order valence-corrected chi connectivity index (χ2v) is 8.88. The number of ether oxygens (including phenoxy) is 1. The zero-order chi connectivity index (χ0) is 24.2. The number of aromatic nitrogens is 2. The second kappa shape index (κ2) is 10.0. The number of fused-ring (bicyclic) bond motifs is 2. The lowest BCUT2D eigenvalue weighted by Gasteiger charge is -2.12. The van der Waals surface area contributed by atoms with Gasteiger partial charge >= 0.3 is 0 Å². The summed E-state index contributed by atoms with van der Waals surface area (Å²) in [6.45, 7) is 5.71. The van der Waals surface area contributed by atoms with Crippen molar-refractivity contribution < 1.29 is 9.53 Å². The second-order valence-electron chi connectivity index (χ2n) is 8.88. The molecule has 5 heteroatoms. The average molecular weight is 464 g/mol. The highest BCUT2D eigenvalue weighted by molar-refractivity contribution is 5.95. The molecule has 176 valence electrons. The first-order chi connectivity index (χ1) is 17.1. The van der Waals surface area contributed by atoms with Crippen molar-refractivity contribution >= 4 is 27.7 Å². The molecule has 1 heterocycles. The first-order valence-corrected chi connectivity index (χ1v) is 12.0. The number of hydrogen-bond acceptors (Lipinski definition) is 3. The molecule has 1 aromatic heterocycles. The largest absolute Gasteiger partial charge is 0.494 e. The summed E-state index contributed by atoms with van der Waals surface area (Å²) in [4.78, 5) is 17.6. The minimum Gasteiger partial charge on any atom is -0.494 e. The molecule has 0 aliphatic carbocycles. The highest BCUT2D eigenvalue weighted by atomic mass is 16.5. The van der Waals surface area contributed by atoms with Gasteiger partial charge in [0.1, 0.15) is 11.6 Å². The number of nitrogens with zero attached hydrogens (tertiary/aromatic N) is 2. The molecule has 0 spiro atoms. The minimum atomic E-state index is -0.0826. The third-order valence-corrected chi connectivity index (χ3v) is 6.28. The Bertz CT molecular complexity index is 1500. The number of para-hydroxylation sites is 2. The third kappa shape index (κ3) is 5.04. The summed E-state index contributed by atoms with van der Waals surface area (Å²) < 4.78 is 8.22. The normalized spacial score (nSPS) is 11.1. The quantitative estimate of drug-likeness (QED) is 0.279. The molecule has 5 rings (SSSR count). The van der Waals surface area contributed by atoms with Crippen LogP contribution in [0.5, 0.6) is 5.75 Å². The molecule has 35 heavy (non-hydrogen) atoms. The lowest BCUT2D eigenvalue weighted by molar-refractivity contribution is 0.0949. The van der Waals surface area contributed by atoms with Gasteiger partial charge in [0, 0.05) is 12.1 Å². The SMILES string of the molecule is Cc1ccc(C(=O)NCc2nc3ccccc3n2CCCOc2ccc3ccccc3c2)c(C)c1. The van der Waals surface area contributed by atoms with Crippen molar-refractivity contribution in [3.05, 3.63) is 107 Å². The molecule has 5 nitrogen and oxygen atoms in total. The van der Waals surface area contributed by atoms with E-state index in [2.05, 4.69) is 40.2 Å². The van der Waals surface area contributed by atoms with Crippen LogP contribution in [0.15, 0.2) is 84.9 Å².